The van der Waals surface area contributed by atoms with Crippen LogP contribution in [0.1, 0.15) is 81.8 Å². The van der Waals surface area contributed by atoms with E-state index in [-0.39, 0.29) is 34.9 Å². The fourth-order valence-electron chi connectivity index (χ4n) is 6.74. The highest BCUT2D eigenvalue weighted by molar-refractivity contribution is 5.98. The van der Waals surface area contributed by atoms with E-state index in [4.69, 9.17) is 19.2 Å². The molecular weight excluding hydrogens is 551 g/mol. The molecule has 1 saturated heterocycles. The van der Waals surface area contributed by atoms with Gasteiger partial charge in [0.15, 0.2) is 17.2 Å². The second-order valence-corrected chi connectivity index (χ2v) is 13.0. The van der Waals surface area contributed by atoms with E-state index in [0.29, 0.717) is 31.7 Å². The average molecular weight is 591 g/mol. The number of carbonyl (C=O) groups excluding carboxylic acids is 2. The van der Waals surface area contributed by atoms with Crippen LogP contribution in [0.25, 0.3) is 27.8 Å². The summed E-state index contributed by atoms with van der Waals surface area (Å²) in [6.07, 6.45) is 5.52. The van der Waals surface area contributed by atoms with Gasteiger partial charge in [-0.05, 0) is 56.2 Å². The van der Waals surface area contributed by atoms with Crippen molar-refractivity contribution in [3.8, 4) is 11.4 Å². The zero-order valence-electron chi connectivity index (χ0n) is 25.7. The SMILES string of the molecule is CCC1(c2c(C3CCC(C(=O)OC)CC3)c3nc4c(cnn4C(=O)C(C)(C)C)cc3n2-c2ccc(F)c(OC)c2)COC1. The van der Waals surface area contributed by atoms with E-state index in [1.54, 1.807) is 18.3 Å². The van der Waals surface area contributed by atoms with Crippen LogP contribution in [0.3, 0.4) is 0 Å². The first-order chi connectivity index (χ1) is 20.5. The highest BCUT2D eigenvalue weighted by Gasteiger charge is 2.46. The molecular formula is C33H39FN4O5. The molecule has 0 N–H and O–H groups in total. The molecule has 0 radical (unpaired) electrons. The number of halogens is 1. The van der Waals surface area contributed by atoms with Gasteiger partial charge in [0.05, 0.1) is 56.0 Å². The monoisotopic (exact) mass is 590 g/mol. The van der Waals surface area contributed by atoms with Crippen LogP contribution in [0.5, 0.6) is 5.75 Å². The highest BCUT2D eigenvalue weighted by atomic mass is 19.1. The van der Waals surface area contributed by atoms with Crippen LogP contribution in [-0.2, 0) is 19.7 Å². The standard InChI is InChI=1S/C33H39FN4O5/c1-7-33(17-43-18-33)28-26(19-8-10-20(11-9-19)30(39)42-6)27-24(37(28)22-12-13-23(34)25(15-22)41-5)14-21-16-35-38(29(21)36-27)31(40)32(2,3)4/h12-16,19-20H,7-11,17-18H2,1-6H3. The van der Waals surface area contributed by atoms with E-state index in [0.717, 1.165) is 52.6 Å². The Morgan fingerprint density at radius 2 is 1.84 bits per heavy atom. The van der Waals surface area contributed by atoms with Crippen LogP contribution in [0.4, 0.5) is 4.39 Å². The number of hydrogen-bond acceptors (Lipinski definition) is 7. The Bertz CT molecular complexity index is 1720. The number of carbonyl (C=O) groups is 2. The minimum absolute atomic E-state index is 0.116. The largest absolute Gasteiger partial charge is 0.494 e. The minimum Gasteiger partial charge on any atom is -0.494 e. The quantitative estimate of drug-likeness (QED) is 0.242. The van der Waals surface area contributed by atoms with Gasteiger partial charge in [0.2, 0.25) is 0 Å². The molecule has 6 rings (SSSR count). The number of methoxy groups -OCH3 is 2. The summed E-state index contributed by atoms with van der Waals surface area (Å²) < 4.78 is 34.5. The van der Waals surface area contributed by atoms with Crippen molar-refractivity contribution >= 4 is 33.9 Å². The smallest absolute Gasteiger partial charge is 0.308 e. The molecule has 1 saturated carbocycles. The number of fused-ring (bicyclic) bond motifs is 2. The molecule has 0 unspecified atom stereocenters. The number of hydrogen-bond donors (Lipinski definition) is 0. The lowest BCUT2D eigenvalue weighted by atomic mass is 9.72. The fraction of sp³-hybridized carbons (Fsp3) is 0.515. The lowest BCUT2D eigenvalue weighted by molar-refractivity contribution is -0.146. The number of ether oxygens (including phenoxy) is 3. The summed E-state index contributed by atoms with van der Waals surface area (Å²) in [7, 11) is 2.90. The van der Waals surface area contributed by atoms with Crippen LogP contribution >= 0.6 is 0 Å². The van der Waals surface area contributed by atoms with Crippen molar-refractivity contribution in [2.24, 2.45) is 11.3 Å². The first-order valence-corrected chi connectivity index (χ1v) is 15.0. The van der Waals surface area contributed by atoms with Crippen LogP contribution in [-0.4, -0.2) is 58.6 Å². The minimum atomic E-state index is -0.651. The Hall–Kier alpha value is -3.79. The molecule has 1 aromatic carbocycles. The first kappa shape index (κ1) is 29.3. The van der Waals surface area contributed by atoms with Gasteiger partial charge in [-0.3, -0.25) is 9.59 Å². The summed E-state index contributed by atoms with van der Waals surface area (Å²) >= 11 is 0. The Morgan fingerprint density at radius 1 is 1.12 bits per heavy atom. The lowest BCUT2D eigenvalue weighted by Crippen LogP contribution is -2.48. The molecule has 9 nitrogen and oxygen atoms in total. The van der Waals surface area contributed by atoms with E-state index in [1.165, 1.54) is 25.0 Å². The molecule has 1 aliphatic carbocycles. The van der Waals surface area contributed by atoms with Gasteiger partial charge in [0.1, 0.15) is 0 Å². The molecule has 43 heavy (non-hydrogen) atoms. The number of esters is 1. The molecule has 4 aromatic rings. The van der Waals surface area contributed by atoms with Crippen molar-refractivity contribution in [2.75, 3.05) is 27.4 Å². The maximum absolute atomic E-state index is 14.6. The summed E-state index contributed by atoms with van der Waals surface area (Å²) in [5.74, 6) is -0.609. The van der Waals surface area contributed by atoms with Gasteiger partial charge in [0.25, 0.3) is 5.91 Å². The summed E-state index contributed by atoms with van der Waals surface area (Å²) in [5, 5.41) is 5.19. The first-order valence-electron chi connectivity index (χ1n) is 15.0. The van der Waals surface area contributed by atoms with Gasteiger partial charge < -0.3 is 18.8 Å². The van der Waals surface area contributed by atoms with Crippen molar-refractivity contribution in [1.29, 1.82) is 0 Å². The van der Waals surface area contributed by atoms with E-state index >= 15 is 0 Å². The van der Waals surface area contributed by atoms with Gasteiger partial charge in [-0.1, -0.05) is 27.7 Å². The van der Waals surface area contributed by atoms with Gasteiger partial charge in [-0.2, -0.15) is 9.78 Å². The van der Waals surface area contributed by atoms with Gasteiger partial charge >= 0.3 is 5.97 Å². The Morgan fingerprint density at radius 3 is 2.42 bits per heavy atom. The summed E-state index contributed by atoms with van der Waals surface area (Å²) in [4.78, 5) is 31.0. The molecule has 0 amide bonds. The summed E-state index contributed by atoms with van der Waals surface area (Å²) in [6, 6.07) is 6.93. The third kappa shape index (κ3) is 4.70. The fourth-order valence-corrected chi connectivity index (χ4v) is 6.74. The zero-order valence-corrected chi connectivity index (χ0v) is 25.7. The van der Waals surface area contributed by atoms with Gasteiger partial charge in [-0.25, -0.2) is 9.37 Å². The Labute approximate surface area is 250 Å². The van der Waals surface area contributed by atoms with Crippen LogP contribution in [0.15, 0.2) is 30.5 Å². The second-order valence-electron chi connectivity index (χ2n) is 13.0. The van der Waals surface area contributed by atoms with Crippen molar-refractivity contribution in [1.82, 2.24) is 19.3 Å². The van der Waals surface area contributed by atoms with E-state index in [1.807, 2.05) is 26.8 Å². The van der Waals surface area contributed by atoms with E-state index in [9.17, 15) is 14.0 Å². The molecule has 0 spiro atoms. The maximum atomic E-state index is 14.6. The van der Waals surface area contributed by atoms with Crippen molar-refractivity contribution in [3.05, 3.63) is 47.5 Å². The molecule has 228 valence electrons. The van der Waals surface area contributed by atoms with E-state index in [2.05, 4.69) is 16.6 Å². The van der Waals surface area contributed by atoms with E-state index < -0.39 is 11.2 Å². The number of aromatic nitrogens is 4. The topological polar surface area (TPSA) is 97.5 Å². The Balaban J connectivity index is 1.66. The molecule has 1 aliphatic heterocycles. The number of pyridine rings is 1. The lowest BCUT2D eigenvalue weighted by Gasteiger charge is -2.43. The summed E-state index contributed by atoms with van der Waals surface area (Å²) in [6.45, 7) is 8.87. The predicted molar refractivity (Wildman–Crippen MR) is 160 cm³/mol. The molecule has 0 atom stereocenters. The van der Waals surface area contributed by atoms with Crippen molar-refractivity contribution < 1.29 is 28.2 Å². The van der Waals surface area contributed by atoms with Crippen molar-refractivity contribution in [3.63, 3.8) is 0 Å². The molecule has 3 aromatic heterocycles. The number of nitrogens with zero attached hydrogens (tertiary/aromatic N) is 4. The third-order valence-electron chi connectivity index (χ3n) is 9.33. The van der Waals surface area contributed by atoms with Crippen molar-refractivity contribution in [2.45, 2.75) is 71.1 Å². The van der Waals surface area contributed by atoms with Crippen LogP contribution < -0.4 is 4.74 Å². The van der Waals surface area contributed by atoms with Gasteiger partial charge in [0, 0.05) is 33.8 Å². The zero-order chi connectivity index (χ0) is 30.7. The maximum Gasteiger partial charge on any atom is 0.308 e. The molecule has 4 heterocycles. The number of rotatable bonds is 6. The second kappa shape index (κ2) is 10.7. The normalized spacial score (nSPS) is 20.3. The average Bonchev–Trinajstić information content (AvgIpc) is 3.53. The molecule has 2 aliphatic rings. The highest BCUT2D eigenvalue weighted by Crippen LogP contribution is 2.49. The third-order valence-corrected chi connectivity index (χ3v) is 9.33. The van der Waals surface area contributed by atoms with Crippen LogP contribution in [0, 0.1) is 17.2 Å². The van der Waals surface area contributed by atoms with Gasteiger partial charge in [-0.15, -0.1) is 0 Å². The molecule has 0 bridgehead atoms. The summed E-state index contributed by atoms with van der Waals surface area (Å²) in [5.41, 5.74) is 4.16. The molecule has 10 heteroatoms. The number of benzene rings is 1. The predicted octanol–water partition coefficient (Wildman–Crippen LogP) is 6.33. The molecule has 2 fully saturated rings. The van der Waals surface area contributed by atoms with Crippen LogP contribution in [0.2, 0.25) is 0 Å². The Kier molecular flexibility index (Phi) is 7.31.